The molecule has 36 heavy (non-hydrogen) atoms. The lowest BCUT2D eigenvalue weighted by Gasteiger charge is -2.29. The number of rotatable bonds is 13. The van der Waals surface area contributed by atoms with E-state index in [-0.39, 0.29) is 11.3 Å². The van der Waals surface area contributed by atoms with Gasteiger partial charge in [0.15, 0.2) is 0 Å². The molecule has 0 radical (unpaired) electrons. The van der Waals surface area contributed by atoms with Gasteiger partial charge in [-0.05, 0) is 54.0 Å². The van der Waals surface area contributed by atoms with Crippen LogP contribution in [0.2, 0.25) is 0 Å². The largest absolute Gasteiger partial charge is 0.392 e. The van der Waals surface area contributed by atoms with E-state index in [1.54, 1.807) is 0 Å². The number of amides is 1. The molecule has 1 amide bonds. The van der Waals surface area contributed by atoms with Crippen LogP contribution in [0.15, 0.2) is 54.7 Å². The summed E-state index contributed by atoms with van der Waals surface area (Å²) in [6.07, 6.45) is 5.24. The van der Waals surface area contributed by atoms with Gasteiger partial charge >= 0.3 is 0 Å². The molecule has 0 saturated carbocycles. The average Bonchev–Trinajstić information content (AvgIpc) is 3.27. The summed E-state index contributed by atoms with van der Waals surface area (Å²) in [4.78, 5) is 21.1. The predicted molar refractivity (Wildman–Crippen MR) is 150 cm³/mol. The van der Waals surface area contributed by atoms with Crippen molar-refractivity contribution in [3.05, 3.63) is 71.4 Å². The van der Waals surface area contributed by atoms with Gasteiger partial charge in [0, 0.05) is 36.7 Å². The van der Waals surface area contributed by atoms with Crippen LogP contribution >= 0.6 is 0 Å². The van der Waals surface area contributed by atoms with Crippen molar-refractivity contribution >= 4 is 16.8 Å². The van der Waals surface area contributed by atoms with Crippen molar-refractivity contribution in [2.75, 3.05) is 26.2 Å². The highest BCUT2D eigenvalue weighted by Gasteiger charge is 2.20. The Bertz CT molecular complexity index is 1080. The van der Waals surface area contributed by atoms with E-state index in [0.717, 1.165) is 36.9 Å². The number of nitrogens with zero attached hydrogens (tertiary/aromatic N) is 2. The number of aromatic nitrogens is 1. The average molecular weight is 492 g/mol. The van der Waals surface area contributed by atoms with Gasteiger partial charge < -0.3 is 15.0 Å². The van der Waals surface area contributed by atoms with Crippen molar-refractivity contribution in [1.29, 1.82) is 0 Å². The Balaban J connectivity index is 1.77. The number of fused-ring (bicyclic) bond motifs is 1. The standard InChI is InChI=1S/C31H45N3O2/c1-6-8-18-33(22-27(35)7-2)23-30(36)34(21-24-13-15-26(16-14-24)31(3,4)5)19-17-25-20-32-29-12-10-9-11-28(25)29/h9-16,20,27,32,35H,6-8,17-19,21-23H2,1-5H3/t27-/m1/s1. The van der Waals surface area contributed by atoms with E-state index in [1.807, 2.05) is 17.9 Å². The number of hydrogen-bond donors (Lipinski definition) is 2. The Morgan fingerprint density at radius 3 is 2.42 bits per heavy atom. The summed E-state index contributed by atoms with van der Waals surface area (Å²) in [6, 6.07) is 17.0. The second-order valence-electron chi connectivity index (χ2n) is 11.0. The maximum Gasteiger partial charge on any atom is 0.237 e. The smallest absolute Gasteiger partial charge is 0.237 e. The molecule has 0 fully saturated rings. The third-order valence-electron chi connectivity index (χ3n) is 7.00. The molecule has 0 aliphatic carbocycles. The highest BCUT2D eigenvalue weighted by atomic mass is 16.3. The van der Waals surface area contributed by atoms with Crippen molar-refractivity contribution in [2.24, 2.45) is 0 Å². The van der Waals surface area contributed by atoms with Gasteiger partial charge in [0.25, 0.3) is 0 Å². The highest BCUT2D eigenvalue weighted by molar-refractivity contribution is 5.83. The fourth-order valence-electron chi connectivity index (χ4n) is 4.55. The minimum Gasteiger partial charge on any atom is -0.392 e. The van der Waals surface area contributed by atoms with Gasteiger partial charge in [0.2, 0.25) is 5.91 Å². The maximum absolute atomic E-state index is 13.6. The summed E-state index contributed by atoms with van der Waals surface area (Å²) in [6.45, 7) is 13.7. The molecule has 3 rings (SSSR count). The molecule has 2 aromatic carbocycles. The van der Waals surface area contributed by atoms with Crippen molar-refractivity contribution in [3.63, 3.8) is 0 Å². The lowest BCUT2D eigenvalue weighted by Crippen LogP contribution is -2.43. The normalized spacial score (nSPS) is 12.9. The molecule has 1 atom stereocenters. The number of aliphatic hydroxyl groups excluding tert-OH is 1. The number of unbranched alkanes of at least 4 members (excludes halogenated alkanes) is 1. The van der Waals surface area contributed by atoms with Crippen LogP contribution in [0, 0.1) is 0 Å². The maximum atomic E-state index is 13.6. The van der Waals surface area contributed by atoms with Crippen LogP contribution < -0.4 is 0 Å². The Morgan fingerprint density at radius 1 is 1.03 bits per heavy atom. The van der Waals surface area contributed by atoms with E-state index in [1.165, 1.54) is 16.5 Å². The van der Waals surface area contributed by atoms with Crippen LogP contribution in [0.5, 0.6) is 0 Å². The molecule has 0 bridgehead atoms. The van der Waals surface area contributed by atoms with Gasteiger partial charge in [-0.2, -0.15) is 0 Å². The molecule has 0 spiro atoms. The number of carbonyl (C=O) groups is 1. The molecule has 1 heterocycles. The molecule has 5 nitrogen and oxygen atoms in total. The monoisotopic (exact) mass is 491 g/mol. The predicted octanol–water partition coefficient (Wildman–Crippen LogP) is 5.91. The van der Waals surface area contributed by atoms with E-state index in [2.05, 4.69) is 86.2 Å². The van der Waals surface area contributed by atoms with E-state index in [9.17, 15) is 9.90 Å². The fraction of sp³-hybridized carbons (Fsp3) is 0.516. The number of aliphatic hydroxyl groups is 1. The number of para-hydroxylation sites is 1. The van der Waals surface area contributed by atoms with Crippen LogP contribution in [0.1, 0.15) is 70.6 Å². The van der Waals surface area contributed by atoms with Crippen LogP contribution in [-0.2, 0) is 23.2 Å². The number of H-pyrrole nitrogens is 1. The molecule has 0 unspecified atom stereocenters. The van der Waals surface area contributed by atoms with Gasteiger partial charge in [-0.3, -0.25) is 9.69 Å². The molecular formula is C31H45N3O2. The molecular weight excluding hydrogens is 446 g/mol. The van der Waals surface area contributed by atoms with Crippen molar-refractivity contribution in [1.82, 2.24) is 14.8 Å². The van der Waals surface area contributed by atoms with E-state index in [4.69, 9.17) is 0 Å². The summed E-state index contributed by atoms with van der Waals surface area (Å²) >= 11 is 0. The minimum absolute atomic E-state index is 0.100. The highest BCUT2D eigenvalue weighted by Crippen LogP contribution is 2.23. The van der Waals surface area contributed by atoms with Crippen molar-refractivity contribution in [2.45, 2.75) is 78.4 Å². The number of hydrogen-bond acceptors (Lipinski definition) is 3. The second-order valence-corrected chi connectivity index (χ2v) is 11.0. The van der Waals surface area contributed by atoms with E-state index in [0.29, 0.717) is 32.6 Å². The third-order valence-corrected chi connectivity index (χ3v) is 7.00. The molecule has 1 aromatic heterocycles. The van der Waals surface area contributed by atoms with Gasteiger partial charge in [0.05, 0.1) is 12.6 Å². The van der Waals surface area contributed by atoms with Crippen molar-refractivity contribution in [3.8, 4) is 0 Å². The molecule has 0 saturated heterocycles. The van der Waals surface area contributed by atoms with Crippen LogP contribution in [0.4, 0.5) is 0 Å². The second kappa shape index (κ2) is 13.1. The first-order valence-electron chi connectivity index (χ1n) is 13.5. The quantitative estimate of drug-likeness (QED) is 0.312. The SMILES string of the molecule is CCCCN(CC(=O)N(CCc1c[nH]c2ccccc12)Cc1ccc(C(C)(C)C)cc1)C[C@H](O)CC. The van der Waals surface area contributed by atoms with Crippen LogP contribution in [0.25, 0.3) is 10.9 Å². The molecule has 5 heteroatoms. The Morgan fingerprint density at radius 2 is 1.75 bits per heavy atom. The van der Waals surface area contributed by atoms with Gasteiger partial charge in [-0.1, -0.05) is 83.5 Å². The summed E-state index contributed by atoms with van der Waals surface area (Å²) in [5, 5.41) is 11.5. The number of aromatic amines is 1. The lowest BCUT2D eigenvalue weighted by atomic mass is 9.87. The summed E-state index contributed by atoms with van der Waals surface area (Å²) in [7, 11) is 0. The third kappa shape index (κ3) is 7.94. The number of benzene rings is 2. The summed E-state index contributed by atoms with van der Waals surface area (Å²) in [5.41, 5.74) is 4.90. The first-order chi connectivity index (χ1) is 17.2. The number of carbonyl (C=O) groups excluding carboxylic acids is 1. The Kier molecular flexibility index (Phi) is 10.1. The van der Waals surface area contributed by atoms with E-state index >= 15 is 0 Å². The van der Waals surface area contributed by atoms with Gasteiger partial charge in [-0.15, -0.1) is 0 Å². The molecule has 0 aliphatic heterocycles. The zero-order valence-corrected chi connectivity index (χ0v) is 22.9. The van der Waals surface area contributed by atoms with Crippen LogP contribution in [0.3, 0.4) is 0 Å². The first-order valence-corrected chi connectivity index (χ1v) is 13.5. The van der Waals surface area contributed by atoms with Gasteiger partial charge in [0.1, 0.15) is 0 Å². The zero-order valence-electron chi connectivity index (χ0n) is 22.9. The Hall–Kier alpha value is -2.63. The minimum atomic E-state index is -0.403. The number of nitrogens with one attached hydrogen (secondary N) is 1. The topological polar surface area (TPSA) is 59.6 Å². The van der Waals surface area contributed by atoms with Crippen LogP contribution in [-0.4, -0.2) is 58.1 Å². The summed E-state index contributed by atoms with van der Waals surface area (Å²) in [5.74, 6) is 0.120. The first kappa shape index (κ1) is 27.9. The molecule has 2 N–H and O–H groups in total. The fourth-order valence-corrected chi connectivity index (χ4v) is 4.55. The molecule has 0 aliphatic rings. The lowest BCUT2D eigenvalue weighted by molar-refractivity contribution is -0.133. The molecule has 196 valence electrons. The van der Waals surface area contributed by atoms with Crippen molar-refractivity contribution < 1.29 is 9.90 Å². The zero-order chi connectivity index (χ0) is 26.1. The summed E-state index contributed by atoms with van der Waals surface area (Å²) < 4.78 is 0. The van der Waals surface area contributed by atoms with Gasteiger partial charge in [-0.25, -0.2) is 0 Å². The molecule has 3 aromatic rings. The van der Waals surface area contributed by atoms with E-state index < -0.39 is 6.10 Å². The Labute approximate surface area is 217 Å².